The molecule has 116 valence electrons. The van der Waals surface area contributed by atoms with Gasteiger partial charge in [-0.3, -0.25) is 14.4 Å². The fourth-order valence-electron chi connectivity index (χ4n) is 2.06. The molecule has 1 aliphatic heterocycles. The number of hydrogen-bond donors (Lipinski definition) is 0. The SMILES string of the molecule is [C-]#[N+][C@H]1C(OC(C)=O)O[C@H](C)[C@@H](OC(C)=O)[C@@H]1OC(C)=O. The van der Waals surface area contributed by atoms with E-state index in [0.717, 1.165) is 0 Å². The van der Waals surface area contributed by atoms with Gasteiger partial charge in [0.05, 0.1) is 0 Å². The van der Waals surface area contributed by atoms with Gasteiger partial charge in [-0.15, -0.1) is 0 Å². The second kappa shape index (κ2) is 7.04. The molecule has 21 heavy (non-hydrogen) atoms. The number of ether oxygens (including phenoxy) is 4. The lowest BCUT2D eigenvalue weighted by molar-refractivity contribution is -0.252. The van der Waals surface area contributed by atoms with Gasteiger partial charge in [0.25, 0.3) is 6.29 Å². The minimum atomic E-state index is -1.19. The maximum absolute atomic E-state index is 11.2. The van der Waals surface area contributed by atoms with Crippen LogP contribution >= 0.6 is 0 Å². The first-order chi connectivity index (χ1) is 9.76. The average molecular weight is 299 g/mol. The lowest BCUT2D eigenvalue weighted by atomic mass is 9.97. The zero-order valence-corrected chi connectivity index (χ0v) is 12.2. The van der Waals surface area contributed by atoms with E-state index in [-0.39, 0.29) is 0 Å². The summed E-state index contributed by atoms with van der Waals surface area (Å²) in [6.07, 6.45) is -3.92. The molecule has 0 radical (unpaired) electrons. The van der Waals surface area contributed by atoms with Crippen LogP contribution in [-0.4, -0.2) is 48.6 Å². The Kier molecular flexibility index (Phi) is 5.67. The highest BCUT2D eigenvalue weighted by Gasteiger charge is 2.54. The Hall–Kier alpha value is -2.14. The summed E-state index contributed by atoms with van der Waals surface area (Å²) in [4.78, 5) is 36.7. The molecule has 1 rings (SSSR count). The quantitative estimate of drug-likeness (QED) is 0.424. The normalized spacial score (nSPS) is 31.7. The molecule has 0 aromatic carbocycles. The van der Waals surface area contributed by atoms with Crippen molar-refractivity contribution in [3.8, 4) is 0 Å². The Balaban J connectivity index is 3.06. The van der Waals surface area contributed by atoms with Crippen molar-refractivity contribution in [1.82, 2.24) is 0 Å². The molecule has 0 spiro atoms. The largest absolute Gasteiger partial charge is 0.455 e. The van der Waals surface area contributed by atoms with Crippen LogP contribution in [0.3, 0.4) is 0 Å². The van der Waals surface area contributed by atoms with Crippen LogP contribution in [0.5, 0.6) is 0 Å². The van der Waals surface area contributed by atoms with Crippen LogP contribution in [0, 0.1) is 6.57 Å². The van der Waals surface area contributed by atoms with E-state index in [2.05, 4.69) is 4.85 Å². The molecule has 1 saturated heterocycles. The Labute approximate surface area is 122 Å². The van der Waals surface area contributed by atoms with Crippen molar-refractivity contribution in [2.24, 2.45) is 0 Å². The second-order valence-corrected chi connectivity index (χ2v) is 4.59. The van der Waals surface area contributed by atoms with E-state index < -0.39 is 48.6 Å². The number of nitrogens with zero attached hydrogens (tertiary/aromatic N) is 1. The van der Waals surface area contributed by atoms with Gasteiger partial charge < -0.3 is 23.8 Å². The molecule has 1 aliphatic rings. The van der Waals surface area contributed by atoms with E-state index in [1.807, 2.05) is 0 Å². The number of carbonyl (C=O) groups is 3. The van der Waals surface area contributed by atoms with Crippen molar-refractivity contribution in [1.29, 1.82) is 0 Å². The Bertz CT molecular complexity index is 470. The monoisotopic (exact) mass is 299 g/mol. The first-order valence-corrected chi connectivity index (χ1v) is 6.30. The summed E-state index contributed by atoms with van der Waals surface area (Å²) in [5.41, 5.74) is 0. The van der Waals surface area contributed by atoms with Crippen LogP contribution in [0.4, 0.5) is 0 Å². The van der Waals surface area contributed by atoms with Gasteiger partial charge in [-0.25, -0.2) is 6.57 Å². The zero-order chi connectivity index (χ0) is 16.2. The van der Waals surface area contributed by atoms with E-state index in [1.54, 1.807) is 6.92 Å². The summed E-state index contributed by atoms with van der Waals surface area (Å²) in [7, 11) is 0. The Morgan fingerprint density at radius 1 is 0.952 bits per heavy atom. The predicted molar refractivity (Wildman–Crippen MR) is 67.6 cm³/mol. The van der Waals surface area contributed by atoms with Gasteiger partial charge in [0.15, 0.2) is 6.10 Å². The highest BCUT2D eigenvalue weighted by atomic mass is 16.7. The van der Waals surface area contributed by atoms with Crippen LogP contribution in [0.2, 0.25) is 0 Å². The summed E-state index contributed by atoms with van der Waals surface area (Å²) in [5.74, 6) is -1.86. The van der Waals surface area contributed by atoms with Crippen molar-refractivity contribution in [2.45, 2.75) is 58.3 Å². The Morgan fingerprint density at radius 3 is 1.86 bits per heavy atom. The van der Waals surface area contributed by atoms with E-state index in [0.29, 0.717) is 0 Å². The fourth-order valence-corrected chi connectivity index (χ4v) is 2.06. The maximum atomic E-state index is 11.2. The molecule has 0 saturated carbocycles. The molecule has 5 atom stereocenters. The van der Waals surface area contributed by atoms with Crippen molar-refractivity contribution in [2.75, 3.05) is 0 Å². The summed E-state index contributed by atoms with van der Waals surface area (Å²) < 4.78 is 20.5. The van der Waals surface area contributed by atoms with Gasteiger partial charge >= 0.3 is 23.9 Å². The van der Waals surface area contributed by atoms with Crippen molar-refractivity contribution in [3.05, 3.63) is 11.4 Å². The van der Waals surface area contributed by atoms with Gasteiger partial charge in [0.1, 0.15) is 6.10 Å². The van der Waals surface area contributed by atoms with Gasteiger partial charge in [0, 0.05) is 20.8 Å². The summed E-state index contributed by atoms with van der Waals surface area (Å²) in [6.45, 7) is 12.3. The highest BCUT2D eigenvalue weighted by molar-refractivity contribution is 5.68. The fraction of sp³-hybridized carbons (Fsp3) is 0.692. The van der Waals surface area contributed by atoms with Gasteiger partial charge in [-0.2, -0.15) is 0 Å². The van der Waals surface area contributed by atoms with E-state index >= 15 is 0 Å². The third-order valence-corrected chi connectivity index (χ3v) is 2.79. The lowest BCUT2D eigenvalue weighted by Gasteiger charge is -2.38. The topological polar surface area (TPSA) is 92.5 Å². The molecule has 8 nitrogen and oxygen atoms in total. The molecule has 1 fully saturated rings. The number of hydrogen-bond acceptors (Lipinski definition) is 7. The van der Waals surface area contributed by atoms with E-state index in [9.17, 15) is 14.4 Å². The molecule has 8 heteroatoms. The van der Waals surface area contributed by atoms with Crippen LogP contribution in [0.15, 0.2) is 0 Å². The molecule has 0 aromatic rings. The molecule has 0 aliphatic carbocycles. The van der Waals surface area contributed by atoms with Crippen LogP contribution in [0.25, 0.3) is 4.85 Å². The van der Waals surface area contributed by atoms with Crippen LogP contribution < -0.4 is 0 Å². The van der Waals surface area contributed by atoms with Gasteiger partial charge in [-0.1, -0.05) is 0 Å². The highest BCUT2D eigenvalue weighted by Crippen LogP contribution is 2.29. The molecule has 0 bridgehead atoms. The van der Waals surface area contributed by atoms with Gasteiger partial charge in [0.2, 0.25) is 6.10 Å². The number of esters is 3. The Morgan fingerprint density at radius 2 is 1.43 bits per heavy atom. The number of carbonyl (C=O) groups excluding carboxylic acids is 3. The molecule has 1 heterocycles. The average Bonchev–Trinajstić information content (AvgIpc) is 2.32. The van der Waals surface area contributed by atoms with Crippen molar-refractivity contribution >= 4 is 17.9 Å². The first-order valence-electron chi connectivity index (χ1n) is 6.30. The molecule has 0 aromatic heterocycles. The van der Waals surface area contributed by atoms with Crippen molar-refractivity contribution in [3.63, 3.8) is 0 Å². The number of rotatable bonds is 3. The standard InChI is InChI=1S/C13H17NO7/c1-6-11(19-7(2)15)12(20-8(3)16)10(14-5)13(18-6)21-9(4)17/h6,10-13H,1-4H3/t6-,10-,11-,12-,13?/m1/s1. The third-order valence-electron chi connectivity index (χ3n) is 2.79. The van der Waals surface area contributed by atoms with E-state index in [4.69, 9.17) is 25.5 Å². The predicted octanol–water partition coefficient (Wildman–Crippen LogP) is 0.446. The van der Waals surface area contributed by atoms with Crippen LogP contribution in [0.1, 0.15) is 27.7 Å². The first kappa shape index (κ1) is 16.9. The maximum Gasteiger partial charge on any atom is 0.324 e. The minimum absolute atomic E-state index is 0.595. The van der Waals surface area contributed by atoms with Crippen molar-refractivity contribution < 1.29 is 33.3 Å². The lowest BCUT2D eigenvalue weighted by Crippen LogP contribution is -2.59. The molecular weight excluding hydrogens is 282 g/mol. The summed E-state index contributed by atoms with van der Waals surface area (Å²) >= 11 is 0. The van der Waals surface area contributed by atoms with Gasteiger partial charge in [-0.05, 0) is 6.92 Å². The summed E-state index contributed by atoms with van der Waals surface area (Å²) in [5, 5.41) is 0. The second-order valence-electron chi connectivity index (χ2n) is 4.59. The molecule has 0 N–H and O–H groups in total. The minimum Gasteiger partial charge on any atom is -0.455 e. The van der Waals surface area contributed by atoms with E-state index in [1.165, 1.54) is 20.8 Å². The molecular formula is C13H17NO7. The van der Waals surface area contributed by atoms with Crippen LogP contribution in [-0.2, 0) is 33.3 Å². The third kappa shape index (κ3) is 4.43. The smallest absolute Gasteiger partial charge is 0.324 e. The molecule has 0 amide bonds. The molecule has 1 unspecified atom stereocenters. The zero-order valence-electron chi connectivity index (χ0n) is 12.2. The summed E-state index contributed by atoms with van der Waals surface area (Å²) in [6, 6.07) is -1.11.